The van der Waals surface area contributed by atoms with Crippen molar-refractivity contribution in [2.24, 2.45) is 0 Å². The van der Waals surface area contributed by atoms with Gasteiger partial charge in [-0.25, -0.2) is 4.79 Å². The first kappa shape index (κ1) is 20.5. The lowest BCUT2D eigenvalue weighted by Crippen LogP contribution is -2.15. The number of ether oxygens (including phenoxy) is 2. The van der Waals surface area contributed by atoms with E-state index in [1.807, 2.05) is 18.2 Å². The summed E-state index contributed by atoms with van der Waals surface area (Å²) < 4.78 is 10.4. The van der Waals surface area contributed by atoms with E-state index in [0.29, 0.717) is 17.0 Å². The summed E-state index contributed by atoms with van der Waals surface area (Å²) in [7, 11) is 0. The van der Waals surface area contributed by atoms with Gasteiger partial charge in [-0.3, -0.25) is 14.9 Å². The predicted octanol–water partition coefficient (Wildman–Crippen LogP) is 3.97. The highest BCUT2D eigenvalue weighted by Crippen LogP contribution is 2.17. The zero-order valence-corrected chi connectivity index (χ0v) is 15.8. The van der Waals surface area contributed by atoms with Crippen LogP contribution in [0, 0.1) is 10.1 Å². The minimum Gasteiger partial charge on any atom is -0.482 e. The van der Waals surface area contributed by atoms with Crippen molar-refractivity contribution in [3.8, 4) is 5.75 Å². The van der Waals surface area contributed by atoms with Crippen LogP contribution in [0.5, 0.6) is 5.75 Å². The van der Waals surface area contributed by atoms with E-state index in [4.69, 9.17) is 9.47 Å². The highest BCUT2D eigenvalue weighted by Gasteiger charge is 2.09. The second-order valence-corrected chi connectivity index (χ2v) is 6.22. The van der Waals surface area contributed by atoms with Gasteiger partial charge < -0.3 is 14.8 Å². The van der Waals surface area contributed by atoms with Crippen molar-refractivity contribution in [2.45, 2.75) is 6.61 Å². The Balaban J connectivity index is 1.44. The van der Waals surface area contributed by atoms with Crippen molar-refractivity contribution in [1.82, 2.24) is 0 Å². The van der Waals surface area contributed by atoms with Crippen molar-refractivity contribution >= 4 is 23.3 Å². The molecule has 1 N–H and O–H groups in total. The Bertz CT molecular complexity index is 1020. The third-order valence-electron chi connectivity index (χ3n) is 4.05. The van der Waals surface area contributed by atoms with Gasteiger partial charge in [0.05, 0.1) is 4.92 Å². The molecule has 0 saturated carbocycles. The number of rotatable bonds is 8. The van der Waals surface area contributed by atoms with Gasteiger partial charge in [-0.05, 0) is 42.0 Å². The third kappa shape index (κ3) is 5.90. The molecule has 1 amide bonds. The molecule has 8 nitrogen and oxygen atoms in total. The monoisotopic (exact) mass is 406 g/mol. The van der Waals surface area contributed by atoms with Crippen molar-refractivity contribution in [1.29, 1.82) is 0 Å². The largest absolute Gasteiger partial charge is 0.482 e. The van der Waals surface area contributed by atoms with Crippen molar-refractivity contribution in [3.05, 3.63) is 100 Å². The second kappa shape index (κ2) is 9.83. The van der Waals surface area contributed by atoms with Gasteiger partial charge in [0.2, 0.25) is 0 Å². The number of nitrogens with one attached hydrogen (secondary N) is 1. The molecule has 0 fully saturated rings. The molecule has 152 valence electrons. The molecule has 0 heterocycles. The quantitative estimate of drug-likeness (QED) is 0.345. The molecule has 0 saturated heterocycles. The maximum atomic E-state index is 12.2. The fourth-order valence-corrected chi connectivity index (χ4v) is 2.49. The maximum absolute atomic E-state index is 12.2. The molecule has 0 aliphatic carbocycles. The maximum Gasteiger partial charge on any atom is 0.344 e. The third-order valence-corrected chi connectivity index (χ3v) is 4.05. The Hall–Kier alpha value is -4.20. The van der Waals surface area contributed by atoms with E-state index in [-0.39, 0.29) is 24.8 Å². The van der Waals surface area contributed by atoms with Gasteiger partial charge in [-0.15, -0.1) is 0 Å². The summed E-state index contributed by atoms with van der Waals surface area (Å²) in [5, 5.41) is 13.4. The fourth-order valence-electron chi connectivity index (χ4n) is 2.49. The van der Waals surface area contributed by atoms with Crippen LogP contribution in [0.2, 0.25) is 0 Å². The van der Waals surface area contributed by atoms with Crippen LogP contribution in [0.1, 0.15) is 15.9 Å². The van der Waals surface area contributed by atoms with Crippen LogP contribution in [-0.2, 0) is 16.1 Å². The van der Waals surface area contributed by atoms with E-state index in [0.717, 1.165) is 5.56 Å². The SMILES string of the molecule is O=C(COc1ccc([N+](=O)[O-])cc1)OCc1ccc(C(=O)Nc2ccccc2)cc1. The molecule has 3 aromatic carbocycles. The molecule has 3 aromatic rings. The van der Waals surface area contributed by atoms with Crippen LogP contribution < -0.4 is 10.1 Å². The number of amides is 1. The van der Waals surface area contributed by atoms with Gasteiger partial charge >= 0.3 is 5.97 Å². The predicted molar refractivity (Wildman–Crippen MR) is 109 cm³/mol. The van der Waals surface area contributed by atoms with Crippen molar-refractivity contribution in [3.63, 3.8) is 0 Å². The molecule has 3 rings (SSSR count). The molecular weight excluding hydrogens is 388 g/mol. The standard InChI is InChI=1S/C22H18N2O6/c25-21(15-29-20-12-10-19(11-13-20)24(27)28)30-14-16-6-8-17(9-7-16)22(26)23-18-4-2-1-3-5-18/h1-13H,14-15H2,(H,23,26). The number of para-hydroxylation sites is 1. The van der Waals surface area contributed by atoms with E-state index in [9.17, 15) is 19.7 Å². The van der Waals surface area contributed by atoms with Crippen LogP contribution in [0.4, 0.5) is 11.4 Å². The molecule has 30 heavy (non-hydrogen) atoms. The number of anilines is 1. The van der Waals surface area contributed by atoms with Crippen molar-refractivity contribution < 1.29 is 24.0 Å². The van der Waals surface area contributed by atoms with Gasteiger partial charge in [0, 0.05) is 23.4 Å². The number of hydrogen-bond acceptors (Lipinski definition) is 6. The van der Waals surface area contributed by atoms with Gasteiger partial charge in [-0.1, -0.05) is 30.3 Å². The van der Waals surface area contributed by atoms with E-state index < -0.39 is 10.9 Å². The molecular formula is C22H18N2O6. The summed E-state index contributed by atoms with van der Waals surface area (Å²) in [4.78, 5) is 34.1. The molecule has 0 atom stereocenters. The first-order valence-electron chi connectivity index (χ1n) is 8.99. The molecule has 0 aliphatic rings. The summed E-state index contributed by atoms with van der Waals surface area (Å²) in [5.41, 5.74) is 1.84. The van der Waals surface area contributed by atoms with E-state index >= 15 is 0 Å². The van der Waals surface area contributed by atoms with E-state index in [1.165, 1.54) is 24.3 Å². The number of hydrogen-bond donors (Lipinski definition) is 1. The van der Waals surface area contributed by atoms with Crippen LogP contribution in [0.3, 0.4) is 0 Å². The Morgan fingerprint density at radius 1 is 0.900 bits per heavy atom. The highest BCUT2D eigenvalue weighted by atomic mass is 16.6. The van der Waals surface area contributed by atoms with Gasteiger partial charge in [0.1, 0.15) is 12.4 Å². The normalized spacial score (nSPS) is 10.1. The zero-order chi connectivity index (χ0) is 21.3. The number of nitro groups is 1. The average molecular weight is 406 g/mol. The lowest BCUT2D eigenvalue weighted by Gasteiger charge is -2.08. The topological polar surface area (TPSA) is 108 Å². The average Bonchev–Trinajstić information content (AvgIpc) is 2.77. The summed E-state index contributed by atoms with van der Waals surface area (Å²) in [6.07, 6.45) is 0. The molecule has 0 radical (unpaired) electrons. The first-order chi connectivity index (χ1) is 14.5. The van der Waals surface area contributed by atoms with Crippen molar-refractivity contribution in [2.75, 3.05) is 11.9 Å². The molecule has 0 aliphatic heterocycles. The number of carbonyl (C=O) groups excluding carboxylic acids is 2. The molecule has 0 unspecified atom stereocenters. The van der Waals surface area contributed by atoms with E-state index in [1.54, 1.807) is 36.4 Å². The minimum atomic E-state index is -0.584. The molecule has 0 spiro atoms. The van der Waals surface area contributed by atoms with E-state index in [2.05, 4.69) is 5.32 Å². The van der Waals surface area contributed by atoms with Gasteiger partial charge in [-0.2, -0.15) is 0 Å². The fraction of sp³-hybridized carbons (Fsp3) is 0.0909. The summed E-state index contributed by atoms with van der Waals surface area (Å²) in [6, 6.07) is 21.2. The number of carbonyl (C=O) groups is 2. The Morgan fingerprint density at radius 2 is 1.57 bits per heavy atom. The lowest BCUT2D eigenvalue weighted by molar-refractivity contribution is -0.384. The van der Waals surface area contributed by atoms with Gasteiger partial charge in [0.25, 0.3) is 11.6 Å². The second-order valence-electron chi connectivity index (χ2n) is 6.22. The number of benzene rings is 3. The summed E-state index contributed by atoms with van der Waals surface area (Å²) >= 11 is 0. The van der Waals surface area contributed by atoms with Crippen LogP contribution in [-0.4, -0.2) is 23.4 Å². The number of nitro benzene ring substituents is 1. The van der Waals surface area contributed by atoms with Crippen LogP contribution in [0.15, 0.2) is 78.9 Å². The zero-order valence-electron chi connectivity index (χ0n) is 15.8. The first-order valence-corrected chi connectivity index (χ1v) is 8.99. The molecule has 0 aromatic heterocycles. The minimum absolute atomic E-state index is 0.0308. The molecule has 0 bridgehead atoms. The Morgan fingerprint density at radius 3 is 2.20 bits per heavy atom. The molecule has 8 heteroatoms. The number of non-ortho nitro benzene ring substituents is 1. The highest BCUT2D eigenvalue weighted by molar-refractivity contribution is 6.04. The smallest absolute Gasteiger partial charge is 0.344 e. The lowest BCUT2D eigenvalue weighted by atomic mass is 10.1. The van der Waals surface area contributed by atoms with Crippen LogP contribution >= 0.6 is 0 Å². The number of esters is 1. The van der Waals surface area contributed by atoms with Crippen LogP contribution in [0.25, 0.3) is 0 Å². The number of nitrogens with zero attached hydrogens (tertiary/aromatic N) is 1. The Kier molecular flexibility index (Phi) is 6.73. The summed E-state index contributed by atoms with van der Waals surface area (Å²) in [6.45, 7) is -0.293. The summed E-state index contributed by atoms with van der Waals surface area (Å²) in [5.74, 6) is -0.494. The van der Waals surface area contributed by atoms with Gasteiger partial charge in [0.15, 0.2) is 6.61 Å². The Labute approximate surface area is 172 Å².